The van der Waals surface area contributed by atoms with Crippen molar-refractivity contribution < 1.29 is 9.84 Å². The second-order valence-electron chi connectivity index (χ2n) is 4.33. The molecule has 0 amide bonds. The Balaban J connectivity index is 2.02. The van der Waals surface area contributed by atoms with Crippen molar-refractivity contribution in [3.05, 3.63) is 17.3 Å². The van der Waals surface area contributed by atoms with E-state index < -0.39 is 5.60 Å². The van der Waals surface area contributed by atoms with Crippen LogP contribution in [0.1, 0.15) is 13.3 Å². The molecule has 1 aromatic heterocycles. The summed E-state index contributed by atoms with van der Waals surface area (Å²) in [5, 5.41) is 13.6. The highest BCUT2D eigenvalue weighted by atomic mass is 35.5. The molecule has 0 radical (unpaired) electrons. The molecule has 1 aromatic rings. The van der Waals surface area contributed by atoms with E-state index in [2.05, 4.69) is 10.3 Å². The maximum absolute atomic E-state index is 10.3. The largest absolute Gasteiger partial charge is 0.399 e. The van der Waals surface area contributed by atoms with E-state index in [1.165, 1.54) is 0 Å². The van der Waals surface area contributed by atoms with E-state index in [9.17, 15) is 5.11 Å². The second-order valence-corrected chi connectivity index (χ2v) is 4.72. The first kappa shape index (κ1) is 12.4. The zero-order chi connectivity index (χ0) is 12.5. The second kappa shape index (κ2) is 4.68. The van der Waals surface area contributed by atoms with E-state index in [1.54, 1.807) is 12.1 Å². The number of hydrogen-bond donors (Lipinski definition) is 3. The molecule has 0 aromatic carbocycles. The van der Waals surface area contributed by atoms with Gasteiger partial charge < -0.3 is 20.9 Å². The maximum atomic E-state index is 10.3. The number of aliphatic hydroxyl groups is 1. The zero-order valence-electron chi connectivity index (χ0n) is 9.61. The van der Waals surface area contributed by atoms with Gasteiger partial charge in [-0.3, -0.25) is 0 Å². The minimum atomic E-state index is -0.862. The molecule has 1 aliphatic heterocycles. The number of anilines is 2. The summed E-state index contributed by atoms with van der Waals surface area (Å²) in [6.07, 6.45) is 0.420. The van der Waals surface area contributed by atoms with Gasteiger partial charge in [-0.2, -0.15) is 0 Å². The lowest BCUT2D eigenvalue weighted by Crippen LogP contribution is -2.43. The predicted molar refractivity (Wildman–Crippen MR) is 67.1 cm³/mol. The number of nitrogens with zero attached hydrogens (tertiary/aromatic N) is 1. The summed E-state index contributed by atoms with van der Waals surface area (Å²) in [7, 11) is 0. The van der Waals surface area contributed by atoms with Crippen molar-refractivity contribution in [3.8, 4) is 0 Å². The smallest absolute Gasteiger partial charge is 0.133 e. The molecule has 94 valence electrons. The molecule has 0 spiro atoms. The van der Waals surface area contributed by atoms with E-state index in [-0.39, 0.29) is 6.10 Å². The number of halogens is 1. The first-order valence-corrected chi connectivity index (χ1v) is 5.88. The third-order valence-corrected chi connectivity index (χ3v) is 3.25. The topological polar surface area (TPSA) is 80.4 Å². The standard InChI is InChI=1S/C11H16ClN3O2/c1-7-11(16,2-3-17-7)6-14-10-5-8(13)4-9(12)15-10/h4-5,7,16H,2-3,6H2,1H3,(H3,13,14,15). The molecule has 2 unspecified atom stereocenters. The molecule has 2 rings (SSSR count). The fraction of sp³-hybridized carbons (Fsp3) is 0.545. The Hall–Kier alpha value is -1.04. The Bertz CT molecular complexity index is 395. The first-order valence-electron chi connectivity index (χ1n) is 5.50. The van der Waals surface area contributed by atoms with Crippen LogP contribution >= 0.6 is 11.6 Å². The summed E-state index contributed by atoms with van der Waals surface area (Å²) in [4.78, 5) is 4.07. The number of nitrogen functional groups attached to an aromatic ring is 1. The van der Waals surface area contributed by atoms with E-state index >= 15 is 0 Å². The van der Waals surface area contributed by atoms with Crippen molar-refractivity contribution in [1.29, 1.82) is 0 Å². The lowest BCUT2D eigenvalue weighted by atomic mass is 9.97. The SMILES string of the molecule is CC1OCCC1(O)CNc1cc(N)cc(Cl)n1. The van der Waals surface area contributed by atoms with Gasteiger partial charge in [0.25, 0.3) is 0 Å². The third-order valence-electron chi connectivity index (χ3n) is 3.05. The van der Waals surface area contributed by atoms with Gasteiger partial charge in [0, 0.05) is 31.3 Å². The highest BCUT2D eigenvalue weighted by Gasteiger charge is 2.39. The maximum Gasteiger partial charge on any atom is 0.133 e. The van der Waals surface area contributed by atoms with Crippen LogP contribution in [0.3, 0.4) is 0 Å². The van der Waals surface area contributed by atoms with Crippen LogP contribution in [0.5, 0.6) is 0 Å². The highest BCUT2D eigenvalue weighted by Crippen LogP contribution is 2.26. The summed E-state index contributed by atoms with van der Waals surface area (Å²) in [5.74, 6) is 0.558. The lowest BCUT2D eigenvalue weighted by molar-refractivity contribution is -0.0176. The number of nitrogens with one attached hydrogen (secondary N) is 1. The van der Waals surface area contributed by atoms with Crippen molar-refractivity contribution in [2.75, 3.05) is 24.2 Å². The van der Waals surface area contributed by atoms with E-state index in [1.807, 2.05) is 6.92 Å². The summed E-state index contributed by atoms with van der Waals surface area (Å²) in [5.41, 5.74) is 5.33. The number of ether oxygens (including phenoxy) is 1. The predicted octanol–water partition coefficient (Wildman–Crippen LogP) is 1.27. The van der Waals surface area contributed by atoms with Crippen LogP contribution in [0, 0.1) is 0 Å². The van der Waals surface area contributed by atoms with E-state index in [4.69, 9.17) is 22.1 Å². The number of hydrogen-bond acceptors (Lipinski definition) is 5. The molecule has 17 heavy (non-hydrogen) atoms. The number of rotatable bonds is 3. The molecule has 4 N–H and O–H groups in total. The molecule has 0 aliphatic carbocycles. The molecule has 0 bridgehead atoms. The van der Waals surface area contributed by atoms with Crippen molar-refractivity contribution >= 4 is 23.1 Å². The molecular weight excluding hydrogens is 242 g/mol. The Morgan fingerprint density at radius 2 is 2.47 bits per heavy atom. The van der Waals surface area contributed by atoms with Gasteiger partial charge in [0.2, 0.25) is 0 Å². The van der Waals surface area contributed by atoms with Crippen LogP contribution in [0.15, 0.2) is 12.1 Å². The highest BCUT2D eigenvalue weighted by molar-refractivity contribution is 6.29. The normalized spacial score (nSPS) is 28.3. The molecule has 2 atom stereocenters. The van der Waals surface area contributed by atoms with Crippen molar-refractivity contribution in [1.82, 2.24) is 4.98 Å². The molecule has 1 aliphatic rings. The summed E-state index contributed by atoms with van der Waals surface area (Å²) in [6, 6.07) is 3.25. The van der Waals surface area contributed by atoms with Gasteiger partial charge in [0.1, 0.15) is 16.6 Å². The minimum absolute atomic E-state index is 0.188. The van der Waals surface area contributed by atoms with Crippen molar-refractivity contribution in [2.24, 2.45) is 0 Å². The van der Waals surface area contributed by atoms with Gasteiger partial charge >= 0.3 is 0 Å². The van der Waals surface area contributed by atoms with Crippen LogP contribution in [-0.2, 0) is 4.74 Å². The molecular formula is C11H16ClN3O2. The van der Waals surface area contributed by atoms with Crippen LogP contribution in [-0.4, -0.2) is 34.9 Å². The van der Waals surface area contributed by atoms with Gasteiger partial charge in [-0.15, -0.1) is 0 Å². The van der Waals surface area contributed by atoms with Crippen molar-refractivity contribution in [2.45, 2.75) is 25.0 Å². The van der Waals surface area contributed by atoms with Crippen LogP contribution in [0.2, 0.25) is 5.15 Å². The molecule has 5 nitrogen and oxygen atoms in total. The van der Waals surface area contributed by atoms with Crippen LogP contribution in [0.25, 0.3) is 0 Å². The van der Waals surface area contributed by atoms with Crippen LogP contribution in [0.4, 0.5) is 11.5 Å². The first-order chi connectivity index (χ1) is 7.99. The van der Waals surface area contributed by atoms with E-state index in [0.29, 0.717) is 36.2 Å². The average molecular weight is 258 g/mol. The Labute approximate surface area is 105 Å². The van der Waals surface area contributed by atoms with Gasteiger partial charge in [-0.1, -0.05) is 11.6 Å². The number of nitrogens with two attached hydrogens (primary N) is 1. The quantitative estimate of drug-likeness (QED) is 0.711. The molecule has 6 heteroatoms. The lowest BCUT2D eigenvalue weighted by Gasteiger charge is -2.26. The van der Waals surface area contributed by atoms with Gasteiger partial charge in [-0.05, 0) is 13.0 Å². The monoisotopic (exact) mass is 257 g/mol. The summed E-state index contributed by atoms with van der Waals surface area (Å²) < 4.78 is 5.34. The Kier molecular flexibility index (Phi) is 3.42. The minimum Gasteiger partial charge on any atom is -0.399 e. The number of pyridine rings is 1. The zero-order valence-corrected chi connectivity index (χ0v) is 10.4. The van der Waals surface area contributed by atoms with Gasteiger partial charge in [-0.25, -0.2) is 4.98 Å². The molecule has 1 fully saturated rings. The molecule has 2 heterocycles. The molecule has 0 saturated carbocycles. The number of aromatic nitrogens is 1. The Morgan fingerprint density at radius 3 is 3.06 bits per heavy atom. The summed E-state index contributed by atoms with van der Waals surface area (Å²) >= 11 is 5.79. The van der Waals surface area contributed by atoms with Crippen LogP contribution < -0.4 is 11.1 Å². The summed E-state index contributed by atoms with van der Waals surface area (Å²) in [6.45, 7) is 2.79. The third kappa shape index (κ3) is 2.80. The van der Waals surface area contributed by atoms with Gasteiger partial charge in [0.15, 0.2) is 0 Å². The van der Waals surface area contributed by atoms with Crippen molar-refractivity contribution in [3.63, 3.8) is 0 Å². The average Bonchev–Trinajstić information content (AvgIpc) is 2.56. The van der Waals surface area contributed by atoms with Gasteiger partial charge in [0.05, 0.1) is 6.10 Å². The molecule has 1 saturated heterocycles. The Morgan fingerprint density at radius 1 is 1.71 bits per heavy atom. The fourth-order valence-electron chi connectivity index (χ4n) is 1.85. The van der Waals surface area contributed by atoms with E-state index in [0.717, 1.165) is 0 Å². The fourth-order valence-corrected chi connectivity index (χ4v) is 2.07.